The van der Waals surface area contributed by atoms with E-state index in [1.807, 2.05) is 0 Å². The van der Waals surface area contributed by atoms with Crippen molar-refractivity contribution in [2.75, 3.05) is 35.8 Å². The minimum absolute atomic E-state index is 0.0711. The number of hydrogen-bond donors (Lipinski definition) is 3. The van der Waals surface area contributed by atoms with E-state index in [4.69, 9.17) is 29.4 Å². The topological polar surface area (TPSA) is 167 Å². The molecule has 2 aliphatic carbocycles. The third-order valence-electron chi connectivity index (χ3n) is 5.97. The lowest BCUT2D eigenvalue weighted by Gasteiger charge is -2.27. The van der Waals surface area contributed by atoms with Crippen LogP contribution in [0.15, 0.2) is 4.79 Å². The fraction of sp³-hybridized carbons (Fsp3) is 0.714. The maximum Gasteiger partial charge on any atom is 0.512 e. The SMILES string of the molecule is Nc1nc2c(c(=O)[nH]1)NCN2C(OCCCOC(=O)OC1CCCC1)OC(=O)OC1CCCC1. The van der Waals surface area contributed by atoms with Crippen LogP contribution >= 0.6 is 0 Å². The Hall–Kier alpha value is -3.22. The van der Waals surface area contributed by atoms with Gasteiger partial charge < -0.3 is 34.7 Å². The fourth-order valence-electron chi connectivity index (χ4n) is 4.27. The molecule has 1 unspecified atom stereocenters. The number of carbonyl (C=O) groups is 2. The molecule has 3 aliphatic rings. The lowest BCUT2D eigenvalue weighted by atomic mass is 10.3. The molecule has 4 N–H and O–H groups in total. The van der Waals surface area contributed by atoms with E-state index in [-0.39, 0.29) is 49.5 Å². The first-order valence-electron chi connectivity index (χ1n) is 11.7. The smallest absolute Gasteiger partial charge is 0.434 e. The van der Waals surface area contributed by atoms with Gasteiger partial charge in [-0.1, -0.05) is 0 Å². The Balaban J connectivity index is 1.31. The molecule has 13 heteroatoms. The van der Waals surface area contributed by atoms with Gasteiger partial charge in [0, 0.05) is 6.42 Å². The average Bonchev–Trinajstić information content (AvgIpc) is 3.55. The van der Waals surface area contributed by atoms with Gasteiger partial charge in [-0.15, -0.1) is 0 Å². The van der Waals surface area contributed by atoms with Gasteiger partial charge in [0.05, 0.1) is 19.9 Å². The number of aromatic nitrogens is 2. The molecular weight excluding hydrogens is 450 g/mol. The van der Waals surface area contributed by atoms with Crippen LogP contribution in [-0.4, -0.2) is 60.8 Å². The van der Waals surface area contributed by atoms with Gasteiger partial charge in [-0.2, -0.15) is 4.98 Å². The molecule has 34 heavy (non-hydrogen) atoms. The van der Waals surface area contributed by atoms with Crippen LogP contribution in [-0.2, 0) is 23.7 Å². The van der Waals surface area contributed by atoms with Crippen molar-refractivity contribution in [1.29, 1.82) is 0 Å². The molecule has 1 aromatic heterocycles. The summed E-state index contributed by atoms with van der Waals surface area (Å²) in [7, 11) is 0. The van der Waals surface area contributed by atoms with Crippen molar-refractivity contribution >= 4 is 29.8 Å². The molecule has 0 amide bonds. The zero-order chi connectivity index (χ0) is 23.9. The maximum atomic E-state index is 12.4. The van der Waals surface area contributed by atoms with Crippen molar-refractivity contribution in [3.8, 4) is 0 Å². The molecule has 1 atom stereocenters. The summed E-state index contributed by atoms with van der Waals surface area (Å²) in [5.74, 6) is 0.107. The van der Waals surface area contributed by atoms with E-state index >= 15 is 0 Å². The van der Waals surface area contributed by atoms with Gasteiger partial charge in [-0.05, 0) is 51.4 Å². The Morgan fingerprint density at radius 1 is 1.03 bits per heavy atom. The largest absolute Gasteiger partial charge is 0.512 e. The number of carbonyl (C=O) groups excluding carboxylic acids is 2. The molecule has 0 bridgehead atoms. The quantitative estimate of drug-likeness (QED) is 0.268. The second kappa shape index (κ2) is 11.3. The molecule has 2 heterocycles. The van der Waals surface area contributed by atoms with E-state index in [2.05, 4.69) is 15.3 Å². The first kappa shape index (κ1) is 23.9. The van der Waals surface area contributed by atoms with Crippen molar-refractivity contribution in [3.63, 3.8) is 0 Å². The molecule has 1 aromatic rings. The van der Waals surface area contributed by atoms with E-state index in [1.54, 1.807) is 0 Å². The van der Waals surface area contributed by atoms with Crippen LogP contribution in [0.1, 0.15) is 57.8 Å². The van der Waals surface area contributed by atoms with Crippen molar-refractivity contribution in [2.45, 2.75) is 76.4 Å². The predicted octanol–water partition coefficient (Wildman–Crippen LogP) is 2.42. The van der Waals surface area contributed by atoms with Crippen molar-refractivity contribution in [2.24, 2.45) is 0 Å². The summed E-state index contributed by atoms with van der Waals surface area (Å²) < 4.78 is 26.9. The number of aromatic amines is 1. The van der Waals surface area contributed by atoms with Gasteiger partial charge in [-0.25, -0.2) is 9.59 Å². The van der Waals surface area contributed by atoms with E-state index < -0.39 is 24.3 Å². The Morgan fingerprint density at radius 2 is 1.68 bits per heavy atom. The van der Waals surface area contributed by atoms with Crippen molar-refractivity contribution < 1.29 is 33.3 Å². The molecule has 13 nitrogen and oxygen atoms in total. The Labute approximate surface area is 196 Å². The Morgan fingerprint density at radius 3 is 2.35 bits per heavy atom. The highest BCUT2D eigenvalue weighted by molar-refractivity contribution is 5.71. The third-order valence-corrected chi connectivity index (χ3v) is 5.97. The van der Waals surface area contributed by atoms with Crippen LogP contribution in [0.5, 0.6) is 0 Å². The van der Waals surface area contributed by atoms with Gasteiger partial charge in [0.25, 0.3) is 12.0 Å². The standard InChI is InChI=1S/C21H31N5O8/c22-18-24-16-15(17(27)25-18)23-12-26(16)19(34-21(29)33-14-8-3-4-9-14)30-10-5-11-31-20(28)32-13-6-1-2-7-13/h13-14,19,23H,1-12H2,(H3,22,24,25,27). The fourth-order valence-corrected chi connectivity index (χ4v) is 4.27. The summed E-state index contributed by atoms with van der Waals surface area (Å²) >= 11 is 0. The number of nitrogens with one attached hydrogen (secondary N) is 2. The van der Waals surface area contributed by atoms with Crippen LogP contribution in [0, 0.1) is 0 Å². The Bertz CT molecular complexity index is 913. The second-order valence-electron chi connectivity index (χ2n) is 8.50. The minimum atomic E-state index is -1.23. The van der Waals surface area contributed by atoms with E-state index in [0.717, 1.165) is 51.4 Å². The molecule has 4 rings (SSSR count). The van der Waals surface area contributed by atoms with Gasteiger partial charge in [0.2, 0.25) is 5.95 Å². The van der Waals surface area contributed by atoms with E-state index in [0.29, 0.717) is 6.42 Å². The maximum absolute atomic E-state index is 12.4. The summed E-state index contributed by atoms with van der Waals surface area (Å²) in [4.78, 5) is 44.3. The number of H-pyrrole nitrogens is 1. The van der Waals surface area contributed by atoms with Crippen LogP contribution in [0.25, 0.3) is 0 Å². The van der Waals surface area contributed by atoms with Crippen LogP contribution in [0.4, 0.5) is 27.0 Å². The number of anilines is 3. The van der Waals surface area contributed by atoms with Crippen molar-refractivity contribution in [1.82, 2.24) is 9.97 Å². The normalized spacial score (nSPS) is 18.9. The van der Waals surface area contributed by atoms with E-state index in [1.165, 1.54) is 4.90 Å². The molecule has 1 aliphatic heterocycles. The third kappa shape index (κ3) is 6.22. The molecule has 2 saturated carbocycles. The van der Waals surface area contributed by atoms with Gasteiger partial charge >= 0.3 is 12.3 Å². The number of fused-ring (bicyclic) bond motifs is 1. The molecule has 2 fully saturated rings. The summed E-state index contributed by atoms with van der Waals surface area (Å²) in [5.41, 5.74) is 5.41. The number of ether oxygens (including phenoxy) is 5. The highest BCUT2D eigenvalue weighted by Gasteiger charge is 2.34. The lowest BCUT2D eigenvalue weighted by Crippen LogP contribution is -2.42. The summed E-state index contributed by atoms with van der Waals surface area (Å²) in [6.07, 6.45) is 4.66. The zero-order valence-corrected chi connectivity index (χ0v) is 19.0. The van der Waals surface area contributed by atoms with Gasteiger partial charge in [0.15, 0.2) is 5.82 Å². The first-order chi connectivity index (χ1) is 16.5. The second-order valence-corrected chi connectivity index (χ2v) is 8.50. The minimum Gasteiger partial charge on any atom is -0.434 e. The molecule has 0 radical (unpaired) electrons. The lowest BCUT2D eigenvalue weighted by molar-refractivity contribution is -0.128. The summed E-state index contributed by atoms with van der Waals surface area (Å²) in [6.45, 7) is 0.257. The number of nitrogen functional groups attached to an aromatic ring is 1. The molecule has 0 aromatic carbocycles. The monoisotopic (exact) mass is 481 g/mol. The Kier molecular flexibility index (Phi) is 7.93. The highest BCUT2D eigenvalue weighted by Crippen LogP contribution is 2.29. The molecule has 0 saturated heterocycles. The van der Waals surface area contributed by atoms with E-state index in [9.17, 15) is 14.4 Å². The average molecular weight is 482 g/mol. The summed E-state index contributed by atoms with van der Waals surface area (Å²) in [6, 6.07) is 0. The van der Waals surface area contributed by atoms with Crippen LogP contribution < -0.4 is 21.5 Å². The first-order valence-corrected chi connectivity index (χ1v) is 11.7. The highest BCUT2D eigenvalue weighted by atomic mass is 16.8. The van der Waals surface area contributed by atoms with Gasteiger partial charge in [0.1, 0.15) is 17.9 Å². The zero-order valence-electron chi connectivity index (χ0n) is 19.0. The van der Waals surface area contributed by atoms with Crippen molar-refractivity contribution in [3.05, 3.63) is 10.4 Å². The molecule has 188 valence electrons. The number of nitrogens with two attached hydrogens (primary N) is 1. The number of rotatable bonds is 9. The summed E-state index contributed by atoms with van der Waals surface area (Å²) in [5, 5.41) is 2.89. The predicted molar refractivity (Wildman–Crippen MR) is 119 cm³/mol. The van der Waals surface area contributed by atoms with Gasteiger partial charge in [-0.3, -0.25) is 14.7 Å². The number of hydrogen-bond acceptors (Lipinski definition) is 12. The van der Waals surface area contributed by atoms with Crippen LogP contribution in [0.3, 0.4) is 0 Å². The molecule has 0 spiro atoms. The number of nitrogens with zero attached hydrogens (tertiary/aromatic N) is 2. The van der Waals surface area contributed by atoms with Crippen LogP contribution in [0.2, 0.25) is 0 Å². The molecular formula is C21H31N5O8.